The van der Waals surface area contributed by atoms with Crippen LogP contribution in [0.2, 0.25) is 0 Å². The molecule has 2 aromatic carbocycles. The number of anilines is 1. The van der Waals surface area contributed by atoms with Crippen molar-refractivity contribution in [2.24, 2.45) is 0 Å². The number of nitrogens with zero attached hydrogens (tertiary/aromatic N) is 1. The second-order valence-electron chi connectivity index (χ2n) is 5.42. The van der Waals surface area contributed by atoms with E-state index in [-0.39, 0.29) is 0 Å². The molecule has 0 fully saturated rings. The van der Waals surface area contributed by atoms with E-state index in [1.807, 2.05) is 18.2 Å². The zero-order valence-electron chi connectivity index (χ0n) is 13.0. The molecule has 0 aliphatic heterocycles. The van der Waals surface area contributed by atoms with Gasteiger partial charge >= 0.3 is 0 Å². The van der Waals surface area contributed by atoms with Crippen molar-refractivity contribution in [1.82, 2.24) is 10.2 Å². The van der Waals surface area contributed by atoms with Gasteiger partial charge in [-0.1, -0.05) is 42.5 Å². The molecule has 3 rings (SSSR count). The highest BCUT2D eigenvalue weighted by Gasteiger charge is 1.99. The molecule has 3 aromatic rings. The summed E-state index contributed by atoms with van der Waals surface area (Å²) in [5.41, 5.74) is 4.63. The van der Waals surface area contributed by atoms with Gasteiger partial charge in [-0.3, -0.25) is 5.10 Å². The van der Waals surface area contributed by atoms with Crippen molar-refractivity contribution >= 4 is 5.69 Å². The van der Waals surface area contributed by atoms with Crippen molar-refractivity contribution in [2.45, 2.75) is 19.6 Å². The van der Waals surface area contributed by atoms with Crippen LogP contribution in [0.25, 0.3) is 0 Å². The van der Waals surface area contributed by atoms with Crippen molar-refractivity contribution in [3.8, 4) is 0 Å². The number of nitrogens with one attached hydrogen (secondary N) is 2. The summed E-state index contributed by atoms with van der Waals surface area (Å²) in [7, 11) is 0. The van der Waals surface area contributed by atoms with E-state index in [4.69, 9.17) is 4.74 Å². The summed E-state index contributed by atoms with van der Waals surface area (Å²) in [6, 6.07) is 20.7. The lowest BCUT2D eigenvalue weighted by atomic mass is 10.2. The topological polar surface area (TPSA) is 49.9 Å². The van der Waals surface area contributed by atoms with Gasteiger partial charge in [-0.05, 0) is 35.7 Å². The molecule has 2 N–H and O–H groups in total. The Balaban J connectivity index is 1.44. The highest BCUT2D eigenvalue weighted by molar-refractivity contribution is 5.45. The number of H-pyrrole nitrogens is 1. The molecule has 0 atom stereocenters. The highest BCUT2D eigenvalue weighted by atomic mass is 16.5. The fourth-order valence-corrected chi connectivity index (χ4v) is 2.38. The van der Waals surface area contributed by atoms with E-state index in [9.17, 15) is 0 Å². The number of hydrogen-bond acceptors (Lipinski definition) is 3. The molecule has 4 heteroatoms. The van der Waals surface area contributed by atoms with Crippen molar-refractivity contribution in [3.63, 3.8) is 0 Å². The molecule has 0 saturated carbocycles. The predicted molar refractivity (Wildman–Crippen MR) is 92.2 cm³/mol. The second kappa shape index (κ2) is 8.15. The first-order valence-electron chi connectivity index (χ1n) is 7.83. The average Bonchev–Trinajstić information content (AvgIpc) is 3.12. The SMILES string of the molecule is c1ccc(CCOCc2cccc(NCc3ccn[nH]3)c2)cc1. The Kier molecular flexibility index (Phi) is 5.43. The maximum Gasteiger partial charge on any atom is 0.0717 e. The Morgan fingerprint density at radius 2 is 1.83 bits per heavy atom. The Bertz CT molecular complexity index is 696. The number of rotatable bonds is 8. The van der Waals surface area contributed by atoms with E-state index in [1.54, 1.807) is 6.20 Å². The third-order valence-electron chi connectivity index (χ3n) is 3.61. The van der Waals surface area contributed by atoms with Gasteiger partial charge in [0.05, 0.1) is 25.5 Å². The molecule has 0 spiro atoms. The quantitative estimate of drug-likeness (QED) is 0.623. The molecule has 118 valence electrons. The van der Waals surface area contributed by atoms with Crippen LogP contribution in [0.5, 0.6) is 0 Å². The molecule has 0 aliphatic carbocycles. The van der Waals surface area contributed by atoms with Crippen LogP contribution in [0, 0.1) is 0 Å². The molecule has 1 aromatic heterocycles. The van der Waals surface area contributed by atoms with E-state index in [0.29, 0.717) is 6.61 Å². The Morgan fingerprint density at radius 3 is 2.65 bits per heavy atom. The zero-order valence-corrected chi connectivity index (χ0v) is 13.0. The molecule has 0 unspecified atom stereocenters. The van der Waals surface area contributed by atoms with Crippen LogP contribution in [0.1, 0.15) is 16.8 Å². The number of aromatic amines is 1. The molecule has 1 heterocycles. The zero-order chi connectivity index (χ0) is 15.7. The largest absolute Gasteiger partial charge is 0.379 e. The fraction of sp³-hybridized carbons (Fsp3) is 0.211. The summed E-state index contributed by atoms with van der Waals surface area (Å²) in [4.78, 5) is 0. The first kappa shape index (κ1) is 15.3. The van der Waals surface area contributed by atoms with Crippen LogP contribution < -0.4 is 5.32 Å². The van der Waals surface area contributed by atoms with Crippen molar-refractivity contribution in [3.05, 3.63) is 83.7 Å². The summed E-state index contributed by atoms with van der Waals surface area (Å²) in [5.74, 6) is 0. The minimum atomic E-state index is 0.631. The fourth-order valence-electron chi connectivity index (χ4n) is 2.38. The van der Waals surface area contributed by atoms with Crippen molar-refractivity contribution < 1.29 is 4.74 Å². The lowest BCUT2D eigenvalue weighted by Gasteiger charge is -2.08. The maximum absolute atomic E-state index is 5.79. The molecule has 0 bridgehead atoms. The van der Waals surface area contributed by atoms with Crippen LogP contribution >= 0.6 is 0 Å². The smallest absolute Gasteiger partial charge is 0.0717 e. The summed E-state index contributed by atoms with van der Waals surface area (Å²) < 4.78 is 5.79. The lowest BCUT2D eigenvalue weighted by molar-refractivity contribution is 0.124. The third kappa shape index (κ3) is 4.97. The van der Waals surface area contributed by atoms with E-state index in [1.165, 1.54) is 11.1 Å². The van der Waals surface area contributed by atoms with Crippen LogP contribution in [-0.4, -0.2) is 16.8 Å². The Hall–Kier alpha value is -2.59. The maximum atomic E-state index is 5.79. The summed E-state index contributed by atoms with van der Waals surface area (Å²) in [5, 5.41) is 10.3. The normalized spacial score (nSPS) is 10.6. The Morgan fingerprint density at radius 1 is 0.957 bits per heavy atom. The van der Waals surface area contributed by atoms with Gasteiger partial charge in [-0.25, -0.2) is 0 Å². The minimum absolute atomic E-state index is 0.631. The summed E-state index contributed by atoms with van der Waals surface area (Å²) >= 11 is 0. The predicted octanol–water partition coefficient (Wildman–Crippen LogP) is 3.78. The molecular weight excluding hydrogens is 286 g/mol. The number of aromatic nitrogens is 2. The van der Waals surface area contributed by atoms with Crippen LogP contribution in [0.15, 0.2) is 66.9 Å². The van der Waals surface area contributed by atoms with Crippen LogP contribution in [-0.2, 0) is 24.3 Å². The second-order valence-corrected chi connectivity index (χ2v) is 5.42. The van der Waals surface area contributed by atoms with E-state index in [2.05, 4.69) is 58.0 Å². The van der Waals surface area contributed by atoms with Gasteiger partial charge in [0.2, 0.25) is 0 Å². The van der Waals surface area contributed by atoms with E-state index < -0.39 is 0 Å². The van der Waals surface area contributed by atoms with Gasteiger partial charge < -0.3 is 10.1 Å². The molecular formula is C19H21N3O. The highest BCUT2D eigenvalue weighted by Crippen LogP contribution is 2.13. The third-order valence-corrected chi connectivity index (χ3v) is 3.61. The number of hydrogen-bond donors (Lipinski definition) is 2. The molecule has 0 saturated heterocycles. The van der Waals surface area contributed by atoms with E-state index >= 15 is 0 Å². The van der Waals surface area contributed by atoms with Gasteiger partial charge in [0.25, 0.3) is 0 Å². The van der Waals surface area contributed by atoms with Gasteiger partial charge in [0.1, 0.15) is 0 Å². The van der Waals surface area contributed by atoms with Crippen LogP contribution in [0.4, 0.5) is 5.69 Å². The standard InChI is InChI=1S/C19H21N3O/c1-2-5-16(6-3-1)10-12-23-15-17-7-4-8-18(13-17)20-14-19-9-11-21-22-19/h1-9,11,13,20H,10,12,14-15H2,(H,21,22). The summed E-state index contributed by atoms with van der Waals surface area (Å²) in [6.45, 7) is 2.10. The Labute approximate surface area is 136 Å². The first-order chi connectivity index (χ1) is 11.4. The molecule has 0 amide bonds. The minimum Gasteiger partial charge on any atom is -0.379 e. The number of benzene rings is 2. The number of ether oxygens (including phenoxy) is 1. The van der Waals surface area contributed by atoms with Gasteiger partial charge in [0, 0.05) is 11.9 Å². The van der Waals surface area contributed by atoms with Gasteiger partial charge in [-0.2, -0.15) is 5.10 Å². The lowest BCUT2D eigenvalue weighted by Crippen LogP contribution is -2.02. The first-order valence-corrected chi connectivity index (χ1v) is 7.83. The van der Waals surface area contributed by atoms with E-state index in [0.717, 1.165) is 31.0 Å². The average molecular weight is 307 g/mol. The van der Waals surface area contributed by atoms with Gasteiger partial charge in [-0.15, -0.1) is 0 Å². The van der Waals surface area contributed by atoms with Gasteiger partial charge in [0.15, 0.2) is 0 Å². The van der Waals surface area contributed by atoms with Crippen molar-refractivity contribution in [1.29, 1.82) is 0 Å². The molecule has 0 radical (unpaired) electrons. The van der Waals surface area contributed by atoms with Crippen molar-refractivity contribution in [2.75, 3.05) is 11.9 Å². The summed E-state index contributed by atoms with van der Waals surface area (Å²) in [6.07, 6.45) is 2.70. The molecule has 0 aliphatic rings. The molecule has 23 heavy (non-hydrogen) atoms. The van der Waals surface area contributed by atoms with Crippen LogP contribution in [0.3, 0.4) is 0 Å². The molecule has 4 nitrogen and oxygen atoms in total. The monoisotopic (exact) mass is 307 g/mol.